The molecule has 1 atom stereocenters. The number of likely N-dealkylation sites (N-methyl/N-ethyl adjacent to an activating group) is 1. The second kappa shape index (κ2) is 6.94. The molecule has 0 fully saturated rings. The Balaban J connectivity index is 2.01. The Morgan fingerprint density at radius 3 is 2.58 bits per heavy atom. The summed E-state index contributed by atoms with van der Waals surface area (Å²) in [5.74, 6) is 0.847. The number of halogens is 1. The minimum absolute atomic E-state index is 0.229. The minimum Gasteiger partial charge on any atom is -0.492 e. The second-order valence-corrected chi connectivity index (χ2v) is 5.86. The van der Waals surface area contributed by atoms with Crippen LogP contribution >= 0.6 is 22.9 Å². The fourth-order valence-corrected chi connectivity index (χ4v) is 2.86. The highest BCUT2D eigenvalue weighted by Gasteiger charge is 2.14. The van der Waals surface area contributed by atoms with Crippen LogP contribution in [0.5, 0.6) is 5.75 Å². The molecule has 4 heteroatoms. The SMILES string of the molecule is CCNC(COc1ccc(Cl)cc1)c1ccsc1C. The van der Waals surface area contributed by atoms with Crippen molar-refractivity contribution < 1.29 is 4.74 Å². The minimum atomic E-state index is 0.229. The molecule has 0 aliphatic carbocycles. The molecule has 1 N–H and O–H groups in total. The number of hydrogen-bond acceptors (Lipinski definition) is 3. The van der Waals surface area contributed by atoms with Crippen molar-refractivity contribution in [1.29, 1.82) is 0 Å². The first-order chi connectivity index (χ1) is 9.20. The average Bonchev–Trinajstić information content (AvgIpc) is 2.83. The van der Waals surface area contributed by atoms with Crippen LogP contribution in [0.2, 0.25) is 5.02 Å². The Kier molecular flexibility index (Phi) is 5.25. The summed E-state index contributed by atoms with van der Waals surface area (Å²) in [5, 5.41) is 6.31. The first-order valence-electron chi connectivity index (χ1n) is 6.36. The number of ether oxygens (including phenoxy) is 1. The van der Waals surface area contributed by atoms with E-state index in [1.54, 1.807) is 11.3 Å². The summed E-state index contributed by atoms with van der Waals surface area (Å²) in [6, 6.07) is 9.87. The van der Waals surface area contributed by atoms with E-state index < -0.39 is 0 Å². The first-order valence-corrected chi connectivity index (χ1v) is 7.62. The zero-order valence-corrected chi connectivity index (χ0v) is 12.7. The predicted molar refractivity (Wildman–Crippen MR) is 82.4 cm³/mol. The highest BCUT2D eigenvalue weighted by molar-refractivity contribution is 7.10. The molecule has 2 nitrogen and oxygen atoms in total. The molecule has 2 rings (SSSR count). The number of nitrogens with one attached hydrogen (secondary N) is 1. The van der Waals surface area contributed by atoms with Gasteiger partial charge in [-0.15, -0.1) is 11.3 Å². The van der Waals surface area contributed by atoms with Gasteiger partial charge in [0.2, 0.25) is 0 Å². The van der Waals surface area contributed by atoms with Crippen LogP contribution in [0.3, 0.4) is 0 Å². The fraction of sp³-hybridized carbons (Fsp3) is 0.333. The molecule has 0 spiro atoms. The Labute approximate surface area is 123 Å². The van der Waals surface area contributed by atoms with Gasteiger partial charge in [0.1, 0.15) is 12.4 Å². The largest absolute Gasteiger partial charge is 0.492 e. The molecule has 1 heterocycles. The van der Waals surface area contributed by atoms with E-state index in [-0.39, 0.29) is 6.04 Å². The maximum Gasteiger partial charge on any atom is 0.119 e. The third kappa shape index (κ3) is 3.96. The quantitative estimate of drug-likeness (QED) is 0.851. The van der Waals surface area contributed by atoms with Gasteiger partial charge in [-0.05, 0) is 54.7 Å². The lowest BCUT2D eigenvalue weighted by atomic mass is 10.1. The van der Waals surface area contributed by atoms with Crippen molar-refractivity contribution in [2.45, 2.75) is 19.9 Å². The lowest BCUT2D eigenvalue weighted by molar-refractivity contribution is 0.268. The van der Waals surface area contributed by atoms with Gasteiger partial charge in [0.05, 0.1) is 6.04 Å². The maximum atomic E-state index is 5.86. The van der Waals surface area contributed by atoms with Crippen molar-refractivity contribution in [3.63, 3.8) is 0 Å². The summed E-state index contributed by atoms with van der Waals surface area (Å²) in [6.45, 7) is 5.79. The van der Waals surface area contributed by atoms with Crippen molar-refractivity contribution >= 4 is 22.9 Å². The van der Waals surface area contributed by atoms with Gasteiger partial charge in [-0.3, -0.25) is 0 Å². The van der Waals surface area contributed by atoms with E-state index in [1.807, 2.05) is 24.3 Å². The van der Waals surface area contributed by atoms with Crippen LogP contribution in [0.25, 0.3) is 0 Å². The van der Waals surface area contributed by atoms with Gasteiger partial charge in [0, 0.05) is 9.90 Å². The number of rotatable bonds is 6. The number of benzene rings is 1. The van der Waals surface area contributed by atoms with E-state index >= 15 is 0 Å². The van der Waals surface area contributed by atoms with Gasteiger partial charge in [-0.1, -0.05) is 18.5 Å². The predicted octanol–water partition coefficient (Wildman–Crippen LogP) is 4.44. The van der Waals surface area contributed by atoms with Crippen molar-refractivity contribution in [2.24, 2.45) is 0 Å². The molecule has 1 unspecified atom stereocenters. The maximum absolute atomic E-state index is 5.86. The van der Waals surface area contributed by atoms with Crippen LogP contribution in [0.1, 0.15) is 23.4 Å². The normalized spacial score (nSPS) is 12.4. The molecule has 1 aromatic carbocycles. The summed E-state index contributed by atoms with van der Waals surface area (Å²) in [4.78, 5) is 1.34. The second-order valence-electron chi connectivity index (χ2n) is 4.31. The van der Waals surface area contributed by atoms with E-state index in [0.717, 1.165) is 17.3 Å². The lowest BCUT2D eigenvalue weighted by Crippen LogP contribution is -2.26. The molecule has 0 saturated heterocycles. The molecule has 0 amide bonds. The number of thiophene rings is 1. The molecule has 0 bridgehead atoms. The van der Waals surface area contributed by atoms with Gasteiger partial charge < -0.3 is 10.1 Å². The average molecular weight is 296 g/mol. The molecule has 1 aromatic heterocycles. The molecule has 0 aliphatic rings. The van der Waals surface area contributed by atoms with Gasteiger partial charge in [0.15, 0.2) is 0 Å². The van der Waals surface area contributed by atoms with E-state index in [4.69, 9.17) is 16.3 Å². The zero-order valence-electron chi connectivity index (χ0n) is 11.2. The Hall–Kier alpha value is -1.03. The van der Waals surface area contributed by atoms with Gasteiger partial charge in [0.25, 0.3) is 0 Å². The van der Waals surface area contributed by atoms with Crippen molar-refractivity contribution in [1.82, 2.24) is 5.32 Å². The van der Waals surface area contributed by atoms with Crippen LogP contribution in [0, 0.1) is 6.92 Å². The smallest absolute Gasteiger partial charge is 0.119 e. The fourth-order valence-electron chi connectivity index (χ4n) is 1.97. The standard InChI is InChI=1S/C15H18ClNOS/c1-3-17-15(14-8-9-19-11(14)2)10-18-13-6-4-12(16)5-7-13/h4-9,15,17H,3,10H2,1-2H3. The molecule has 19 heavy (non-hydrogen) atoms. The summed E-state index contributed by atoms with van der Waals surface area (Å²) in [7, 11) is 0. The number of aryl methyl sites for hydroxylation is 1. The molecule has 2 aromatic rings. The summed E-state index contributed by atoms with van der Waals surface area (Å²) < 4.78 is 5.84. The van der Waals surface area contributed by atoms with E-state index in [0.29, 0.717) is 6.61 Å². The third-order valence-electron chi connectivity index (χ3n) is 2.96. The van der Waals surface area contributed by atoms with Crippen molar-refractivity contribution in [3.05, 3.63) is 51.2 Å². The summed E-state index contributed by atoms with van der Waals surface area (Å²) >= 11 is 7.63. The molecule has 0 saturated carbocycles. The summed E-state index contributed by atoms with van der Waals surface area (Å²) in [5.41, 5.74) is 1.32. The summed E-state index contributed by atoms with van der Waals surface area (Å²) in [6.07, 6.45) is 0. The lowest BCUT2D eigenvalue weighted by Gasteiger charge is -2.18. The first kappa shape index (κ1) is 14.4. The van der Waals surface area contributed by atoms with Crippen LogP contribution in [0.4, 0.5) is 0 Å². The van der Waals surface area contributed by atoms with E-state index in [9.17, 15) is 0 Å². The van der Waals surface area contributed by atoms with Crippen LogP contribution in [-0.4, -0.2) is 13.2 Å². The Morgan fingerprint density at radius 2 is 2.00 bits per heavy atom. The Bertz CT molecular complexity index is 509. The monoisotopic (exact) mass is 295 g/mol. The number of hydrogen-bond donors (Lipinski definition) is 1. The molecule has 0 radical (unpaired) electrons. The topological polar surface area (TPSA) is 21.3 Å². The highest BCUT2D eigenvalue weighted by Crippen LogP contribution is 2.24. The van der Waals surface area contributed by atoms with Crippen molar-refractivity contribution in [3.8, 4) is 5.75 Å². The van der Waals surface area contributed by atoms with E-state index in [2.05, 4.69) is 30.6 Å². The highest BCUT2D eigenvalue weighted by atomic mass is 35.5. The van der Waals surface area contributed by atoms with Gasteiger partial charge >= 0.3 is 0 Å². The molecular formula is C15H18ClNOS. The van der Waals surface area contributed by atoms with Crippen LogP contribution in [-0.2, 0) is 0 Å². The third-order valence-corrected chi connectivity index (χ3v) is 4.07. The van der Waals surface area contributed by atoms with Crippen LogP contribution < -0.4 is 10.1 Å². The Morgan fingerprint density at radius 1 is 1.26 bits per heavy atom. The zero-order chi connectivity index (χ0) is 13.7. The van der Waals surface area contributed by atoms with Crippen molar-refractivity contribution in [2.75, 3.05) is 13.2 Å². The van der Waals surface area contributed by atoms with E-state index in [1.165, 1.54) is 10.4 Å². The van der Waals surface area contributed by atoms with Crippen LogP contribution in [0.15, 0.2) is 35.7 Å². The van der Waals surface area contributed by atoms with Gasteiger partial charge in [-0.2, -0.15) is 0 Å². The molecule has 0 aliphatic heterocycles. The molecular weight excluding hydrogens is 278 g/mol. The molecule has 102 valence electrons. The van der Waals surface area contributed by atoms with Gasteiger partial charge in [-0.25, -0.2) is 0 Å².